The van der Waals surface area contributed by atoms with Gasteiger partial charge in [0, 0.05) is 34.7 Å². The lowest BCUT2D eigenvalue weighted by atomic mass is 10.3. The van der Waals surface area contributed by atoms with Crippen LogP contribution in [0, 0.1) is 0 Å². The van der Waals surface area contributed by atoms with E-state index in [-0.39, 0.29) is 5.91 Å². The zero-order valence-electron chi connectivity index (χ0n) is 9.30. The van der Waals surface area contributed by atoms with Crippen molar-refractivity contribution in [3.05, 3.63) is 28.2 Å². The Bertz CT molecular complexity index is 399. The zero-order chi connectivity index (χ0) is 12.3. The zero-order valence-corrected chi connectivity index (χ0v) is 10.8. The third kappa shape index (κ3) is 4.54. The summed E-state index contributed by atoms with van der Waals surface area (Å²) in [6.45, 7) is 0.713. The predicted octanol–water partition coefficient (Wildman–Crippen LogP) is 3.07. The highest BCUT2D eigenvalue weighted by Gasteiger charge is 2.20. The minimum Gasteiger partial charge on any atom is -0.326 e. The number of nitrogens with one attached hydrogen (secondary N) is 2. The lowest BCUT2D eigenvalue weighted by Crippen LogP contribution is -2.23. The molecule has 0 spiro atoms. The van der Waals surface area contributed by atoms with Crippen molar-refractivity contribution in [1.82, 2.24) is 5.32 Å². The van der Waals surface area contributed by atoms with Crippen LogP contribution in [0.1, 0.15) is 19.3 Å². The van der Waals surface area contributed by atoms with Gasteiger partial charge in [0.1, 0.15) is 0 Å². The van der Waals surface area contributed by atoms with Gasteiger partial charge < -0.3 is 10.6 Å². The first kappa shape index (κ1) is 12.7. The van der Waals surface area contributed by atoms with Gasteiger partial charge in [0.25, 0.3) is 0 Å². The van der Waals surface area contributed by atoms with Crippen LogP contribution in [0.4, 0.5) is 5.69 Å². The molecule has 92 valence electrons. The largest absolute Gasteiger partial charge is 0.326 e. The minimum atomic E-state index is -0.0310. The molecule has 1 aliphatic carbocycles. The van der Waals surface area contributed by atoms with Crippen molar-refractivity contribution in [1.29, 1.82) is 0 Å². The van der Waals surface area contributed by atoms with Crippen molar-refractivity contribution in [2.75, 3.05) is 11.9 Å². The predicted molar refractivity (Wildman–Crippen MR) is 70.7 cm³/mol. The van der Waals surface area contributed by atoms with E-state index in [1.54, 1.807) is 18.2 Å². The Morgan fingerprint density at radius 2 is 1.88 bits per heavy atom. The number of anilines is 1. The van der Waals surface area contributed by atoms with Crippen molar-refractivity contribution >= 4 is 34.8 Å². The Kier molecular flexibility index (Phi) is 4.26. The second-order valence-electron chi connectivity index (χ2n) is 4.18. The average molecular weight is 273 g/mol. The minimum absolute atomic E-state index is 0.0310. The van der Waals surface area contributed by atoms with Crippen LogP contribution in [0.2, 0.25) is 10.0 Å². The van der Waals surface area contributed by atoms with E-state index in [4.69, 9.17) is 23.2 Å². The molecule has 1 aromatic rings. The summed E-state index contributed by atoms with van der Waals surface area (Å²) in [6, 6.07) is 5.62. The van der Waals surface area contributed by atoms with Crippen LogP contribution in [0.5, 0.6) is 0 Å². The van der Waals surface area contributed by atoms with Crippen molar-refractivity contribution in [2.45, 2.75) is 25.3 Å². The highest BCUT2D eigenvalue weighted by molar-refractivity contribution is 6.35. The normalized spacial score (nSPS) is 14.7. The van der Waals surface area contributed by atoms with E-state index in [1.165, 1.54) is 12.8 Å². The number of rotatable bonds is 5. The maximum atomic E-state index is 11.6. The SMILES string of the molecule is O=C(CCNC1CC1)Nc1cc(Cl)cc(Cl)c1. The standard InChI is InChI=1S/C12H14Cl2N2O/c13-8-5-9(14)7-11(6-8)16-12(17)3-4-15-10-1-2-10/h5-7,10,15H,1-4H2,(H,16,17). The van der Waals surface area contributed by atoms with Crippen molar-refractivity contribution < 1.29 is 4.79 Å². The van der Waals surface area contributed by atoms with Gasteiger partial charge in [-0.15, -0.1) is 0 Å². The monoisotopic (exact) mass is 272 g/mol. The molecular weight excluding hydrogens is 259 g/mol. The summed E-state index contributed by atoms with van der Waals surface area (Å²) in [6.07, 6.45) is 2.91. The molecule has 17 heavy (non-hydrogen) atoms. The van der Waals surface area contributed by atoms with Crippen molar-refractivity contribution in [2.24, 2.45) is 0 Å². The molecule has 1 aromatic carbocycles. The summed E-state index contributed by atoms with van der Waals surface area (Å²) in [4.78, 5) is 11.6. The highest BCUT2D eigenvalue weighted by atomic mass is 35.5. The Hall–Kier alpha value is -0.770. The molecule has 0 aliphatic heterocycles. The first-order valence-electron chi connectivity index (χ1n) is 5.63. The number of hydrogen-bond donors (Lipinski definition) is 2. The van der Waals surface area contributed by atoms with E-state index in [1.807, 2.05) is 0 Å². The van der Waals surface area contributed by atoms with Crippen LogP contribution < -0.4 is 10.6 Å². The molecule has 1 fully saturated rings. The maximum Gasteiger partial charge on any atom is 0.225 e. The molecule has 0 saturated heterocycles. The molecule has 1 amide bonds. The molecule has 0 radical (unpaired) electrons. The molecule has 1 saturated carbocycles. The molecule has 2 rings (SSSR count). The summed E-state index contributed by atoms with van der Waals surface area (Å²) < 4.78 is 0. The molecule has 0 unspecified atom stereocenters. The van der Waals surface area contributed by atoms with Gasteiger partial charge in [-0.05, 0) is 31.0 Å². The van der Waals surface area contributed by atoms with Gasteiger partial charge in [-0.2, -0.15) is 0 Å². The third-order valence-electron chi connectivity index (χ3n) is 2.51. The van der Waals surface area contributed by atoms with Gasteiger partial charge in [0.05, 0.1) is 0 Å². The number of halogens is 2. The smallest absolute Gasteiger partial charge is 0.225 e. The van der Waals surface area contributed by atoms with Crippen molar-refractivity contribution in [3.63, 3.8) is 0 Å². The summed E-state index contributed by atoms with van der Waals surface area (Å²) in [7, 11) is 0. The molecular formula is C12H14Cl2N2O. The van der Waals surface area contributed by atoms with Crippen LogP contribution in [0.3, 0.4) is 0 Å². The Morgan fingerprint density at radius 3 is 2.47 bits per heavy atom. The van der Waals surface area contributed by atoms with Crippen LogP contribution in [0.15, 0.2) is 18.2 Å². The van der Waals surface area contributed by atoms with E-state index < -0.39 is 0 Å². The van der Waals surface area contributed by atoms with Gasteiger partial charge in [0.15, 0.2) is 0 Å². The Balaban J connectivity index is 1.79. The highest BCUT2D eigenvalue weighted by Crippen LogP contribution is 2.22. The number of amides is 1. The first-order valence-corrected chi connectivity index (χ1v) is 6.38. The summed E-state index contributed by atoms with van der Waals surface area (Å²) in [5.74, 6) is -0.0310. The maximum absolute atomic E-state index is 11.6. The lowest BCUT2D eigenvalue weighted by Gasteiger charge is -2.06. The quantitative estimate of drug-likeness (QED) is 0.865. The Labute approximate surface area is 110 Å². The fraction of sp³-hybridized carbons (Fsp3) is 0.417. The van der Waals surface area contributed by atoms with Gasteiger partial charge in [-0.25, -0.2) is 0 Å². The van der Waals surface area contributed by atoms with E-state index in [0.717, 1.165) is 0 Å². The second kappa shape index (κ2) is 5.71. The number of benzene rings is 1. The van der Waals surface area contributed by atoms with Crippen LogP contribution >= 0.6 is 23.2 Å². The van der Waals surface area contributed by atoms with E-state index in [0.29, 0.717) is 34.7 Å². The molecule has 0 bridgehead atoms. The van der Waals surface area contributed by atoms with Crippen LogP contribution in [0.25, 0.3) is 0 Å². The number of carbonyl (C=O) groups excluding carboxylic acids is 1. The number of carbonyl (C=O) groups is 1. The van der Waals surface area contributed by atoms with Crippen molar-refractivity contribution in [3.8, 4) is 0 Å². The van der Waals surface area contributed by atoms with E-state index in [9.17, 15) is 4.79 Å². The van der Waals surface area contributed by atoms with E-state index in [2.05, 4.69) is 10.6 Å². The molecule has 3 nitrogen and oxygen atoms in total. The second-order valence-corrected chi connectivity index (χ2v) is 5.06. The molecule has 1 aliphatic rings. The third-order valence-corrected chi connectivity index (χ3v) is 2.95. The molecule has 2 N–H and O–H groups in total. The fourth-order valence-corrected chi connectivity index (χ4v) is 2.05. The molecule has 5 heteroatoms. The van der Waals surface area contributed by atoms with Crippen LogP contribution in [-0.2, 0) is 4.79 Å². The summed E-state index contributed by atoms with van der Waals surface area (Å²) >= 11 is 11.7. The first-order chi connectivity index (χ1) is 8.13. The Morgan fingerprint density at radius 1 is 1.24 bits per heavy atom. The van der Waals surface area contributed by atoms with Gasteiger partial charge >= 0.3 is 0 Å². The topological polar surface area (TPSA) is 41.1 Å². The molecule has 0 aromatic heterocycles. The summed E-state index contributed by atoms with van der Waals surface area (Å²) in [5, 5.41) is 7.09. The fourth-order valence-electron chi connectivity index (χ4n) is 1.53. The van der Waals surface area contributed by atoms with Crippen LogP contribution in [-0.4, -0.2) is 18.5 Å². The average Bonchev–Trinajstić information content (AvgIpc) is 2.99. The number of hydrogen-bond acceptors (Lipinski definition) is 2. The molecule has 0 heterocycles. The van der Waals surface area contributed by atoms with Gasteiger partial charge in [-0.3, -0.25) is 4.79 Å². The summed E-state index contributed by atoms with van der Waals surface area (Å²) in [5.41, 5.74) is 0.638. The van der Waals surface area contributed by atoms with Gasteiger partial charge in [0.2, 0.25) is 5.91 Å². The van der Waals surface area contributed by atoms with E-state index >= 15 is 0 Å². The lowest BCUT2D eigenvalue weighted by molar-refractivity contribution is -0.116. The molecule has 0 atom stereocenters. The van der Waals surface area contributed by atoms with Gasteiger partial charge in [-0.1, -0.05) is 23.2 Å².